The van der Waals surface area contributed by atoms with Crippen molar-refractivity contribution in [1.29, 1.82) is 0 Å². The maximum atomic E-state index is 13.5. The predicted octanol–water partition coefficient (Wildman–Crippen LogP) is 3.83. The number of carbonyl (C=O) groups excluding carboxylic acids is 3. The molecule has 0 unspecified atom stereocenters. The van der Waals surface area contributed by atoms with Gasteiger partial charge in [-0.15, -0.1) is 0 Å². The molecular formula is C31H35FN6O3. The molecule has 2 heterocycles. The number of benzene rings is 2. The van der Waals surface area contributed by atoms with E-state index in [9.17, 15) is 18.8 Å². The SMILES string of the molecule is NC1CCC(NC(=O)c2ccc(N3CCCN(C(=O)c4ccncc4)CC3)c(NC(=O)c3ccc(F)cc3)c2)CC1. The van der Waals surface area contributed by atoms with Crippen molar-refractivity contribution in [2.75, 3.05) is 36.4 Å². The van der Waals surface area contributed by atoms with Gasteiger partial charge in [-0.05, 0) is 86.7 Å². The highest BCUT2D eigenvalue weighted by Gasteiger charge is 2.25. The van der Waals surface area contributed by atoms with Crippen LogP contribution in [0.5, 0.6) is 0 Å². The van der Waals surface area contributed by atoms with E-state index in [2.05, 4.69) is 20.5 Å². The number of aromatic nitrogens is 1. The van der Waals surface area contributed by atoms with Crippen LogP contribution in [0.25, 0.3) is 0 Å². The van der Waals surface area contributed by atoms with Crippen LogP contribution in [0.4, 0.5) is 15.8 Å². The van der Waals surface area contributed by atoms with Gasteiger partial charge in [-0.25, -0.2) is 4.39 Å². The number of nitrogens with two attached hydrogens (primary N) is 1. The van der Waals surface area contributed by atoms with E-state index in [1.54, 1.807) is 36.7 Å². The van der Waals surface area contributed by atoms with Crippen molar-refractivity contribution in [2.45, 2.75) is 44.2 Å². The molecule has 1 saturated carbocycles. The maximum Gasteiger partial charge on any atom is 0.255 e. The Hall–Kier alpha value is -4.31. The number of anilines is 2. The highest BCUT2D eigenvalue weighted by atomic mass is 19.1. The Morgan fingerprint density at radius 3 is 2.24 bits per heavy atom. The van der Waals surface area contributed by atoms with E-state index in [0.717, 1.165) is 37.8 Å². The summed E-state index contributed by atoms with van der Waals surface area (Å²) in [6.07, 6.45) is 7.36. The number of nitrogens with zero attached hydrogens (tertiary/aromatic N) is 3. The Labute approximate surface area is 238 Å². The zero-order valence-electron chi connectivity index (χ0n) is 22.9. The van der Waals surface area contributed by atoms with Gasteiger partial charge < -0.3 is 26.2 Å². The summed E-state index contributed by atoms with van der Waals surface area (Å²) in [5, 5.41) is 6.05. The number of pyridine rings is 1. The molecule has 41 heavy (non-hydrogen) atoms. The van der Waals surface area contributed by atoms with Crippen LogP contribution in [0.2, 0.25) is 0 Å². The highest BCUT2D eigenvalue weighted by Crippen LogP contribution is 2.30. The van der Waals surface area contributed by atoms with Crippen molar-refractivity contribution in [3.8, 4) is 0 Å². The van der Waals surface area contributed by atoms with Gasteiger partial charge in [0.05, 0.1) is 11.4 Å². The fourth-order valence-electron chi connectivity index (χ4n) is 5.42. The molecule has 10 heteroatoms. The van der Waals surface area contributed by atoms with E-state index < -0.39 is 11.7 Å². The Bertz CT molecular complexity index is 1380. The summed E-state index contributed by atoms with van der Waals surface area (Å²) >= 11 is 0. The van der Waals surface area contributed by atoms with Crippen LogP contribution < -0.4 is 21.3 Å². The van der Waals surface area contributed by atoms with Crippen LogP contribution in [0.3, 0.4) is 0 Å². The average molecular weight is 559 g/mol. The van der Waals surface area contributed by atoms with Gasteiger partial charge in [0.1, 0.15) is 5.82 Å². The van der Waals surface area contributed by atoms with Gasteiger partial charge in [0.15, 0.2) is 0 Å². The Kier molecular flexibility index (Phi) is 8.88. The van der Waals surface area contributed by atoms with Crippen LogP contribution in [-0.2, 0) is 0 Å². The number of nitrogens with one attached hydrogen (secondary N) is 2. The van der Waals surface area contributed by atoms with E-state index in [1.165, 1.54) is 24.3 Å². The van der Waals surface area contributed by atoms with E-state index in [0.29, 0.717) is 48.6 Å². The largest absolute Gasteiger partial charge is 0.368 e. The standard InChI is InChI=1S/C31H35FN6O3/c32-24-5-2-21(3-6-24)29(39)36-27-20-23(30(40)35-26-9-7-25(33)8-10-26)4-11-28(27)37-16-1-17-38(19-18-37)31(41)22-12-14-34-15-13-22/h2-6,11-15,20,25-26H,1,7-10,16-19,33H2,(H,35,40)(H,36,39). The Balaban J connectivity index is 1.36. The predicted molar refractivity (Wildman–Crippen MR) is 155 cm³/mol. The van der Waals surface area contributed by atoms with Crippen LogP contribution in [-0.4, -0.2) is 65.9 Å². The molecule has 5 rings (SSSR count). The van der Waals surface area contributed by atoms with Gasteiger partial charge in [0, 0.05) is 67.3 Å². The molecule has 3 aromatic rings. The average Bonchev–Trinajstić information content (AvgIpc) is 3.25. The molecule has 2 fully saturated rings. The van der Waals surface area contributed by atoms with Crippen molar-refractivity contribution < 1.29 is 18.8 Å². The lowest BCUT2D eigenvalue weighted by Gasteiger charge is -2.28. The lowest BCUT2D eigenvalue weighted by atomic mass is 9.91. The molecule has 1 saturated heterocycles. The maximum absolute atomic E-state index is 13.5. The summed E-state index contributed by atoms with van der Waals surface area (Å²) in [5.41, 5.74) is 8.57. The normalized spacial score (nSPS) is 19.3. The molecular weight excluding hydrogens is 523 g/mol. The summed E-state index contributed by atoms with van der Waals surface area (Å²) in [6, 6.07) is 14.3. The molecule has 1 aliphatic carbocycles. The van der Waals surface area contributed by atoms with Crippen molar-refractivity contribution in [3.05, 3.63) is 89.5 Å². The molecule has 1 aromatic heterocycles. The number of carbonyl (C=O) groups is 3. The molecule has 2 aliphatic rings. The lowest BCUT2D eigenvalue weighted by molar-refractivity contribution is 0.0766. The molecule has 0 bridgehead atoms. The second kappa shape index (κ2) is 12.9. The minimum absolute atomic E-state index is 0.0465. The number of rotatable bonds is 6. The van der Waals surface area contributed by atoms with E-state index >= 15 is 0 Å². The monoisotopic (exact) mass is 558 g/mol. The van der Waals surface area contributed by atoms with Gasteiger partial charge in [-0.3, -0.25) is 19.4 Å². The summed E-state index contributed by atoms with van der Waals surface area (Å²) in [7, 11) is 0. The quantitative estimate of drug-likeness (QED) is 0.423. The van der Waals surface area contributed by atoms with Crippen molar-refractivity contribution >= 4 is 29.1 Å². The molecule has 4 N–H and O–H groups in total. The first-order valence-corrected chi connectivity index (χ1v) is 14.1. The first-order chi connectivity index (χ1) is 19.9. The Morgan fingerprint density at radius 2 is 1.51 bits per heavy atom. The molecule has 9 nitrogen and oxygen atoms in total. The molecule has 0 radical (unpaired) electrons. The molecule has 1 aliphatic heterocycles. The van der Waals surface area contributed by atoms with Crippen LogP contribution in [0.1, 0.15) is 63.2 Å². The topological polar surface area (TPSA) is 121 Å². The third-order valence-electron chi connectivity index (χ3n) is 7.77. The highest BCUT2D eigenvalue weighted by molar-refractivity contribution is 6.07. The van der Waals surface area contributed by atoms with E-state index in [-0.39, 0.29) is 23.9 Å². The van der Waals surface area contributed by atoms with Crippen LogP contribution >= 0.6 is 0 Å². The van der Waals surface area contributed by atoms with Gasteiger partial charge in [-0.2, -0.15) is 0 Å². The van der Waals surface area contributed by atoms with Gasteiger partial charge in [-0.1, -0.05) is 0 Å². The first kappa shape index (κ1) is 28.2. The first-order valence-electron chi connectivity index (χ1n) is 14.1. The zero-order valence-corrected chi connectivity index (χ0v) is 22.9. The van der Waals surface area contributed by atoms with Crippen molar-refractivity contribution in [3.63, 3.8) is 0 Å². The molecule has 0 spiro atoms. The zero-order chi connectivity index (χ0) is 28.8. The van der Waals surface area contributed by atoms with E-state index in [4.69, 9.17) is 5.73 Å². The fourth-order valence-corrected chi connectivity index (χ4v) is 5.42. The van der Waals surface area contributed by atoms with Crippen LogP contribution in [0, 0.1) is 5.82 Å². The smallest absolute Gasteiger partial charge is 0.255 e. The third-order valence-corrected chi connectivity index (χ3v) is 7.77. The van der Waals surface area contributed by atoms with Crippen molar-refractivity contribution in [1.82, 2.24) is 15.2 Å². The lowest BCUT2D eigenvalue weighted by Crippen LogP contribution is -2.40. The van der Waals surface area contributed by atoms with Crippen molar-refractivity contribution in [2.24, 2.45) is 5.73 Å². The molecule has 0 atom stereocenters. The van der Waals surface area contributed by atoms with E-state index in [1.807, 2.05) is 11.0 Å². The minimum atomic E-state index is -0.431. The number of hydrogen-bond acceptors (Lipinski definition) is 6. The van der Waals surface area contributed by atoms with Gasteiger partial charge >= 0.3 is 0 Å². The molecule has 214 valence electrons. The summed E-state index contributed by atoms with van der Waals surface area (Å²) in [5.74, 6) is -1.09. The van der Waals surface area contributed by atoms with Gasteiger partial charge in [0.2, 0.25) is 0 Å². The number of hydrogen-bond donors (Lipinski definition) is 3. The third kappa shape index (κ3) is 7.07. The summed E-state index contributed by atoms with van der Waals surface area (Å²) in [4.78, 5) is 47.3. The van der Waals surface area contributed by atoms with Crippen LogP contribution in [0.15, 0.2) is 67.0 Å². The Morgan fingerprint density at radius 1 is 0.805 bits per heavy atom. The minimum Gasteiger partial charge on any atom is -0.368 e. The second-order valence-electron chi connectivity index (χ2n) is 10.6. The number of amides is 3. The number of halogens is 1. The molecule has 2 aromatic carbocycles. The summed E-state index contributed by atoms with van der Waals surface area (Å²) in [6.45, 7) is 2.30. The second-order valence-corrected chi connectivity index (χ2v) is 10.6. The summed E-state index contributed by atoms with van der Waals surface area (Å²) < 4.78 is 13.5. The van der Waals surface area contributed by atoms with Gasteiger partial charge in [0.25, 0.3) is 17.7 Å². The fraction of sp³-hybridized carbons (Fsp3) is 0.355. The molecule has 3 amide bonds.